The summed E-state index contributed by atoms with van der Waals surface area (Å²) in [5.74, 6) is 0. The first-order valence-corrected chi connectivity index (χ1v) is 15.1. The van der Waals surface area contributed by atoms with Gasteiger partial charge in [-0.05, 0) is 38.1 Å². The second-order valence-corrected chi connectivity index (χ2v) is 13.9. The summed E-state index contributed by atoms with van der Waals surface area (Å²) in [6.45, 7) is 4.15. The van der Waals surface area contributed by atoms with Gasteiger partial charge in [0, 0.05) is 44.3 Å². The largest absolute Gasteiger partial charge is 0.343 e. The van der Waals surface area contributed by atoms with E-state index >= 15 is 0 Å². The number of hydrogen-bond donors (Lipinski definition) is 2. The van der Waals surface area contributed by atoms with E-state index in [0.717, 1.165) is 0 Å². The fourth-order valence-electron chi connectivity index (χ4n) is 3.86. The van der Waals surface area contributed by atoms with E-state index in [9.17, 15) is 25.9 Å². The fourth-order valence-corrected chi connectivity index (χ4v) is 11.3. The van der Waals surface area contributed by atoms with Crippen molar-refractivity contribution in [3.8, 4) is 0 Å². The van der Waals surface area contributed by atoms with Crippen LogP contribution in [-0.4, -0.2) is 48.4 Å². The molecular formula is C18H22N4O6S4. The van der Waals surface area contributed by atoms with Gasteiger partial charge in [0.05, 0.1) is 11.4 Å². The van der Waals surface area contributed by atoms with E-state index in [4.69, 9.17) is 0 Å². The molecule has 0 saturated carbocycles. The first-order chi connectivity index (χ1) is 15.1. The molecule has 2 aliphatic heterocycles. The molecule has 32 heavy (non-hydrogen) atoms. The molecule has 0 spiro atoms. The summed E-state index contributed by atoms with van der Waals surface area (Å²) in [6, 6.07) is 13.9. The van der Waals surface area contributed by atoms with Gasteiger partial charge in [0.25, 0.3) is 20.2 Å². The Bertz CT molecular complexity index is 1240. The van der Waals surface area contributed by atoms with Crippen molar-refractivity contribution in [1.82, 2.24) is 0 Å². The average Bonchev–Trinajstić information content (AvgIpc) is 3.24. The lowest BCUT2D eigenvalue weighted by Gasteiger charge is -2.23. The molecule has 0 aliphatic carbocycles. The lowest BCUT2D eigenvalue weighted by Crippen LogP contribution is -2.40. The van der Waals surface area contributed by atoms with Crippen LogP contribution in [0.3, 0.4) is 0 Å². The summed E-state index contributed by atoms with van der Waals surface area (Å²) in [5.41, 5.74) is 1.24. The summed E-state index contributed by atoms with van der Waals surface area (Å²) < 4.78 is 74.9. The van der Waals surface area contributed by atoms with Gasteiger partial charge in [0.2, 0.25) is 9.41 Å². The van der Waals surface area contributed by atoms with Crippen molar-refractivity contribution in [1.29, 1.82) is 0 Å². The van der Waals surface area contributed by atoms with Crippen LogP contribution in [0.4, 0.5) is 11.4 Å². The zero-order valence-electron chi connectivity index (χ0n) is 17.1. The van der Waals surface area contributed by atoms with Crippen molar-refractivity contribution >= 4 is 53.0 Å². The Morgan fingerprint density at radius 1 is 0.750 bits per heavy atom. The molecule has 2 aliphatic rings. The van der Waals surface area contributed by atoms with Gasteiger partial charge in [-0.2, -0.15) is 16.8 Å². The molecular weight excluding hydrogens is 496 g/mol. The van der Waals surface area contributed by atoms with Crippen LogP contribution < -0.4 is 9.80 Å². The minimum atomic E-state index is -4.53. The Hall–Kier alpha value is -1.84. The van der Waals surface area contributed by atoms with E-state index in [2.05, 4.69) is 8.94 Å². The van der Waals surface area contributed by atoms with Crippen LogP contribution in [0.5, 0.6) is 0 Å². The van der Waals surface area contributed by atoms with Crippen LogP contribution in [0, 0.1) is 0 Å². The second-order valence-electron chi connectivity index (χ2n) is 6.94. The van der Waals surface area contributed by atoms with Crippen molar-refractivity contribution < 1.29 is 25.9 Å². The highest BCUT2D eigenvalue weighted by Crippen LogP contribution is 2.41. The van der Waals surface area contributed by atoms with Crippen LogP contribution in [0.1, 0.15) is 13.8 Å². The topological polar surface area (TPSA) is 140 Å². The van der Waals surface area contributed by atoms with E-state index in [1.54, 1.807) is 62.4 Å². The smallest absolute Gasteiger partial charge is 0.297 e. The number of nitrogens with zero attached hydrogens (tertiary/aromatic N) is 4. The molecule has 0 amide bonds. The number of para-hydroxylation sites is 2. The van der Waals surface area contributed by atoms with Crippen LogP contribution in [0.15, 0.2) is 67.3 Å². The van der Waals surface area contributed by atoms with Crippen molar-refractivity contribution in [2.45, 2.75) is 33.1 Å². The highest BCUT2D eigenvalue weighted by atomic mass is 32.3. The Morgan fingerprint density at radius 3 is 1.41 bits per heavy atom. The van der Waals surface area contributed by atoms with Gasteiger partial charge in [0.15, 0.2) is 0 Å². The summed E-state index contributed by atoms with van der Waals surface area (Å²) >= 11 is 0. The molecule has 0 fully saturated rings. The van der Waals surface area contributed by atoms with Gasteiger partial charge < -0.3 is 9.80 Å². The molecule has 4 unspecified atom stereocenters. The van der Waals surface area contributed by atoms with Gasteiger partial charge in [-0.25, -0.2) is 0 Å². The molecule has 0 saturated heterocycles. The summed E-state index contributed by atoms with van der Waals surface area (Å²) in [7, 11) is -11.9. The highest BCUT2D eigenvalue weighted by molar-refractivity contribution is 8.06. The van der Waals surface area contributed by atoms with Crippen molar-refractivity contribution in [3.63, 3.8) is 0 Å². The minimum Gasteiger partial charge on any atom is -0.343 e. The molecule has 2 aromatic rings. The monoisotopic (exact) mass is 518 g/mol. The van der Waals surface area contributed by atoms with Crippen molar-refractivity contribution in [2.24, 2.45) is 8.94 Å². The quantitative estimate of drug-likeness (QED) is 0.455. The maximum Gasteiger partial charge on any atom is 0.297 e. The number of anilines is 2. The third-order valence-corrected chi connectivity index (χ3v) is 12.7. The second kappa shape index (κ2) is 8.50. The molecule has 10 nitrogen and oxygen atoms in total. The first-order valence-electron chi connectivity index (χ1n) is 9.61. The van der Waals surface area contributed by atoms with Gasteiger partial charge >= 0.3 is 0 Å². The zero-order chi connectivity index (χ0) is 23.3. The highest BCUT2D eigenvalue weighted by Gasteiger charge is 2.44. The minimum absolute atomic E-state index is 0.312. The Balaban J connectivity index is 1.95. The molecule has 4 rings (SSSR count). The number of benzene rings is 2. The zero-order valence-corrected chi connectivity index (χ0v) is 20.4. The summed E-state index contributed by atoms with van der Waals surface area (Å²) in [6.07, 6.45) is 0. The molecule has 0 aromatic heterocycles. The van der Waals surface area contributed by atoms with Crippen LogP contribution in [-0.2, 0) is 41.6 Å². The molecule has 2 N–H and O–H groups in total. The fraction of sp³-hybridized carbons (Fsp3) is 0.333. The van der Waals surface area contributed by atoms with Crippen molar-refractivity contribution in [3.05, 3.63) is 48.5 Å². The van der Waals surface area contributed by atoms with Gasteiger partial charge in [-0.3, -0.25) is 9.11 Å². The van der Waals surface area contributed by atoms with E-state index in [0.29, 0.717) is 34.3 Å². The van der Waals surface area contributed by atoms with Crippen LogP contribution in [0.25, 0.3) is 0 Å². The standard InChI is InChI=1S/C18H22N4O6S4/c1-3-21-13-9-5-7-11-15(13)29(17(21)31(23,24)25)19-20-30-16-12-8-6-10-14(16)22(4-2)18(30)32(26,27)28/h5-12,17-18H,3-4H2,1-2H3,(H,23,24,25)(H,26,27,28). The van der Waals surface area contributed by atoms with E-state index < -0.39 is 51.0 Å². The average molecular weight is 519 g/mol. The maximum atomic E-state index is 12.3. The van der Waals surface area contributed by atoms with E-state index in [1.807, 2.05) is 0 Å². The number of rotatable bonds is 5. The van der Waals surface area contributed by atoms with Crippen LogP contribution >= 0.6 is 0 Å². The predicted octanol–water partition coefficient (Wildman–Crippen LogP) is 2.65. The summed E-state index contributed by atoms with van der Waals surface area (Å²) in [5, 5.41) is 0. The molecule has 2 heterocycles. The Kier molecular flexibility index (Phi) is 6.19. The van der Waals surface area contributed by atoms with E-state index in [-0.39, 0.29) is 0 Å². The third kappa shape index (κ3) is 3.88. The predicted molar refractivity (Wildman–Crippen MR) is 126 cm³/mol. The maximum absolute atomic E-state index is 12.3. The SMILES string of the molecule is CCN1c2ccccc2S(=NN=S2c3ccccc3N(CC)C2S(=O)(=O)O)C1S(=O)(=O)O. The molecule has 4 atom stereocenters. The lowest BCUT2D eigenvalue weighted by atomic mass is 10.3. The van der Waals surface area contributed by atoms with Gasteiger partial charge in [0.1, 0.15) is 0 Å². The van der Waals surface area contributed by atoms with Gasteiger partial charge in [-0.1, -0.05) is 24.3 Å². The first kappa shape index (κ1) is 23.3. The molecule has 0 radical (unpaired) electrons. The molecule has 0 bridgehead atoms. The van der Waals surface area contributed by atoms with Gasteiger partial charge in [-0.15, -0.1) is 8.94 Å². The molecule has 14 heteroatoms. The van der Waals surface area contributed by atoms with Crippen molar-refractivity contribution in [2.75, 3.05) is 22.9 Å². The Labute approximate surface area is 191 Å². The number of hydrogen-bond acceptors (Lipinski definition) is 6. The Morgan fingerprint density at radius 2 is 1.09 bits per heavy atom. The normalized spacial score (nSPS) is 25.4. The van der Waals surface area contributed by atoms with E-state index in [1.165, 1.54) is 9.80 Å². The molecule has 2 aromatic carbocycles. The number of fused-ring (bicyclic) bond motifs is 2. The summed E-state index contributed by atoms with van der Waals surface area (Å²) in [4.78, 5) is 4.26. The lowest BCUT2D eigenvalue weighted by molar-refractivity contribution is 0.476. The van der Waals surface area contributed by atoms with Crippen LogP contribution in [0.2, 0.25) is 0 Å². The molecule has 174 valence electrons. The third-order valence-electron chi connectivity index (χ3n) is 5.09.